The molecule has 3 amide bonds. The van der Waals surface area contributed by atoms with Crippen LogP contribution in [-0.2, 0) is 9.59 Å². The Morgan fingerprint density at radius 1 is 0.897 bits per heavy atom. The van der Waals surface area contributed by atoms with Crippen molar-refractivity contribution >= 4 is 58.3 Å². The van der Waals surface area contributed by atoms with Crippen molar-refractivity contribution in [3.05, 3.63) is 113 Å². The van der Waals surface area contributed by atoms with E-state index in [0.717, 1.165) is 10.5 Å². The molecule has 0 radical (unpaired) electrons. The highest BCUT2D eigenvalue weighted by atomic mass is 32.2. The molecule has 0 saturated carbocycles. The summed E-state index contributed by atoms with van der Waals surface area (Å²) in [5.74, 6) is -0.127. The van der Waals surface area contributed by atoms with Crippen molar-refractivity contribution in [2.24, 2.45) is 0 Å². The molecule has 39 heavy (non-hydrogen) atoms. The maximum absolute atomic E-state index is 13.1. The highest BCUT2D eigenvalue weighted by molar-refractivity contribution is 8.00. The van der Waals surface area contributed by atoms with Crippen molar-refractivity contribution in [2.75, 3.05) is 23.0 Å². The third kappa shape index (κ3) is 8.33. The summed E-state index contributed by atoms with van der Waals surface area (Å²) in [6.07, 6.45) is 1.64. The Balaban J connectivity index is 1.36. The molecule has 9 heteroatoms. The SMILES string of the molecule is CCOc1ccccc1NC(=O)CSc1ccc(NC(=O)/C(=C/c2ccsc2)NC(=O)c2ccccc2)cc1. The van der Waals surface area contributed by atoms with Crippen LogP contribution in [0.3, 0.4) is 0 Å². The number of anilines is 2. The maximum Gasteiger partial charge on any atom is 0.272 e. The van der Waals surface area contributed by atoms with Gasteiger partial charge in [0.25, 0.3) is 11.8 Å². The molecule has 1 aromatic heterocycles. The zero-order chi connectivity index (χ0) is 27.5. The van der Waals surface area contributed by atoms with Crippen LogP contribution < -0.4 is 20.7 Å². The number of para-hydroxylation sites is 2. The molecule has 3 aromatic carbocycles. The lowest BCUT2D eigenvalue weighted by atomic mass is 10.2. The number of rotatable bonds is 11. The topological polar surface area (TPSA) is 96.5 Å². The van der Waals surface area contributed by atoms with Crippen LogP contribution in [0.4, 0.5) is 11.4 Å². The van der Waals surface area contributed by atoms with E-state index in [-0.39, 0.29) is 23.3 Å². The van der Waals surface area contributed by atoms with Crippen LogP contribution in [0.5, 0.6) is 5.75 Å². The van der Waals surface area contributed by atoms with E-state index in [9.17, 15) is 14.4 Å². The van der Waals surface area contributed by atoms with Gasteiger partial charge in [-0.05, 0) is 83.9 Å². The van der Waals surface area contributed by atoms with E-state index in [1.807, 2.05) is 60.1 Å². The molecule has 198 valence electrons. The minimum atomic E-state index is -0.446. The highest BCUT2D eigenvalue weighted by Gasteiger charge is 2.15. The molecular weight excluding hydrogens is 530 g/mol. The first-order valence-electron chi connectivity index (χ1n) is 12.2. The molecule has 0 fully saturated rings. The molecule has 1 heterocycles. The van der Waals surface area contributed by atoms with Gasteiger partial charge in [0, 0.05) is 16.1 Å². The Morgan fingerprint density at radius 2 is 1.64 bits per heavy atom. The van der Waals surface area contributed by atoms with E-state index in [1.165, 1.54) is 23.1 Å². The Bertz CT molecular complexity index is 1440. The average molecular weight is 558 g/mol. The first-order valence-corrected chi connectivity index (χ1v) is 14.1. The van der Waals surface area contributed by atoms with Crippen LogP contribution in [0.25, 0.3) is 6.08 Å². The zero-order valence-corrected chi connectivity index (χ0v) is 22.8. The second-order valence-corrected chi connectivity index (χ2v) is 10.0. The van der Waals surface area contributed by atoms with Gasteiger partial charge in [-0.2, -0.15) is 11.3 Å². The molecule has 0 aliphatic carbocycles. The summed E-state index contributed by atoms with van der Waals surface area (Å²) in [4.78, 5) is 39.1. The number of hydrogen-bond acceptors (Lipinski definition) is 6. The van der Waals surface area contributed by atoms with Crippen LogP contribution in [-0.4, -0.2) is 30.1 Å². The molecular formula is C30H27N3O4S2. The van der Waals surface area contributed by atoms with Crippen LogP contribution in [0.1, 0.15) is 22.8 Å². The van der Waals surface area contributed by atoms with E-state index in [1.54, 1.807) is 48.5 Å². The van der Waals surface area contributed by atoms with Gasteiger partial charge in [0.1, 0.15) is 11.4 Å². The van der Waals surface area contributed by atoms with Gasteiger partial charge in [0.05, 0.1) is 18.0 Å². The van der Waals surface area contributed by atoms with E-state index >= 15 is 0 Å². The molecule has 4 rings (SSSR count). The number of benzene rings is 3. The number of carbonyl (C=O) groups is 3. The summed E-state index contributed by atoms with van der Waals surface area (Å²) in [5, 5.41) is 12.2. The molecule has 7 nitrogen and oxygen atoms in total. The summed E-state index contributed by atoms with van der Waals surface area (Å²) in [7, 11) is 0. The lowest BCUT2D eigenvalue weighted by Gasteiger charge is -2.12. The summed E-state index contributed by atoms with van der Waals surface area (Å²) in [6, 6.07) is 25.0. The Morgan fingerprint density at radius 3 is 2.36 bits per heavy atom. The number of nitrogens with one attached hydrogen (secondary N) is 3. The van der Waals surface area contributed by atoms with E-state index in [2.05, 4.69) is 16.0 Å². The molecule has 0 aliphatic rings. The summed E-state index contributed by atoms with van der Waals surface area (Å²) < 4.78 is 5.55. The van der Waals surface area contributed by atoms with Crippen molar-refractivity contribution in [1.29, 1.82) is 0 Å². The van der Waals surface area contributed by atoms with E-state index in [0.29, 0.717) is 29.3 Å². The maximum atomic E-state index is 13.1. The predicted molar refractivity (Wildman–Crippen MR) is 158 cm³/mol. The average Bonchev–Trinajstić information content (AvgIpc) is 3.47. The fourth-order valence-electron chi connectivity index (χ4n) is 3.49. The van der Waals surface area contributed by atoms with E-state index in [4.69, 9.17) is 4.74 Å². The van der Waals surface area contributed by atoms with Gasteiger partial charge in [-0.15, -0.1) is 11.8 Å². The quantitative estimate of drug-likeness (QED) is 0.149. The number of carbonyl (C=O) groups excluding carboxylic acids is 3. The van der Waals surface area contributed by atoms with Crippen LogP contribution >= 0.6 is 23.1 Å². The lowest BCUT2D eigenvalue weighted by Crippen LogP contribution is -2.30. The van der Waals surface area contributed by atoms with Crippen LogP contribution in [0.2, 0.25) is 0 Å². The minimum Gasteiger partial charge on any atom is -0.492 e. The van der Waals surface area contributed by atoms with Gasteiger partial charge in [-0.1, -0.05) is 30.3 Å². The minimum absolute atomic E-state index is 0.129. The number of amides is 3. The third-order valence-corrected chi connectivity index (χ3v) is 7.04. The molecule has 0 spiro atoms. The molecule has 0 atom stereocenters. The van der Waals surface area contributed by atoms with Crippen molar-refractivity contribution in [3.63, 3.8) is 0 Å². The van der Waals surface area contributed by atoms with Crippen molar-refractivity contribution in [1.82, 2.24) is 5.32 Å². The van der Waals surface area contributed by atoms with Crippen LogP contribution in [0, 0.1) is 0 Å². The number of thiophene rings is 1. The Labute approximate surface area is 235 Å². The summed E-state index contributed by atoms with van der Waals surface area (Å²) in [5.41, 5.74) is 2.59. The third-order valence-electron chi connectivity index (χ3n) is 5.33. The first-order chi connectivity index (χ1) is 19.0. The lowest BCUT2D eigenvalue weighted by molar-refractivity contribution is -0.114. The second kappa shape index (κ2) is 14.0. The number of hydrogen-bond donors (Lipinski definition) is 3. The Hall–Kier alpha value is -4.34. The van der Waals surface area contributed by atoms with Gasteiger partial charge in [-0.25, -0.2) is 0 Å². The smallest absolute Gasteiger partial charge is 0.272 e. The first kappa shape index (κ1) is 27.7. The fourth-order valence-corrected chi connectivity index (χ4v) is 4.80. The molecule has 3 N–H and O–H groups in total. The van der Waals surface area contributed by atoms with Crippen LogP contribution in [0.15, 0.2) is 106 Å². The zero-order valence-electron chi connectivity index (χ0n) is 21.2. The number of ether oxygens (including phenoxy) is 1. The molecule has 4 aromatic rings. The predicted octanol–water partition coefficient (Wildman–Crippen LogP) is 6.29. The second-order valence-electron chi connectivity index (χ2n) is 8.18. The van der Waals surface area contributed by atoms with Crippen molar-refractivity contribution in [2.45, 2.75) is 11.8 Å². The van der Waals surface area contributed by atoms with Crippen molar-refractivity contribution < 1.29 is 19.1 Å². The molecule has 0 aliphatic heterocycles. The van der Waals surface area contributed by atoms with Gasteiger partial charge in [-0.3, -0.25) is 14.4 Å². The largest absolute Gasteiger partial charge is 0.492 e. The van der Waals surface area contributed by atoms with E-state index < -0.39 is 5.91 Å². The molecule has 0 unspecified atom stereocenters. The van der Waals surface area contributed by atoms with Gasteiger partial charge < -0.3 is 20.7 Å². The Kier molecular flexibility index (Phi) is 9.93. The van der Waals surface area contributed by atoms with Gasteiger partial charge in [0.2, 0.25) is 5.91 Å². The van der Waals surface area contributed by atoms with Gasteiger partial charge in [0.15, 0.2) is 0 Å². The highest BCUT2D eigenvalue weighted by Crippen LogP contribution is 2.25. The molecule has 0 bridgehead atoms. The molecule has 0 saturated heterocycles. The van der Waals surface area contributed by atoms with Crippen molar-refractivity contribution in [3.8, 4) is 5.75 Å². The summed E-state index contributed by atoms with van der Waals surface area (Å²) >= 11 is 2.87. The standard InChI is InChI=1S/C30H27N3O4S2/c1-2-37-27-11-7-6-10-25(27)32-28(34)20-39-24-14-12-23(13-15-24)31-30(36)26(18-21-16-17-38-19-21)33-29(35)22-8-4-3-5-9-22/h3-19H,2,20H2,1H3,(H,31,36)(H,32,34)(H,33,35)/b26-18-. The normalized spacial score (nSPS) is 10.9. The fraction of sp³-hybridized carbons (Fsp3) is 0.100. The monoisotopic (exact) mass is 557 g/mol. The number of thioether (sulfide) groups is 1. The van der Waals surface area contributed by atoms with Gasteiger partial charge >= 0.3 is 0 Å². The summed E-state index contributed by atoms with van der Waals surface area (Å²) in [6.45, 7) is 2.40.